The largest absolute Gasteiger partial charge is 0.431 e. The molecule has 0 bridgehead atoms. The predicted molar refractivity (Wildman–Crippen MR) is 91.9 cm³/mol. The molecule has 0 saturated heterocycles. The first-order valence-corrected chi connectivity index (χ1v) is 9.04. The average molecular weight is 342 g/mol. The van der Waals surface area contributed by atoms with Gasteiger partial charge in [0, 0.05) is 31.4 Å². The van der Waals surface area contributed by atoms with E-state index in [1.54, 1.807) is 0 Å². The van der Waals surface area contributed by atoms with E-state index in [4.69, 9.17) is 4.42 Å². The maximum atomic E-state index is 12.0. The van der Waals surface area contributed by atoms with Crippen LogP contribution >= 0.6 is 11.8 Å². The Morgan fingerprint density at radius 1 is 1.38 bits per heavy atom. The van der Waals surface area contributed by atoms with Crippen LogP contribution in [0.25, 0.3) is 11.1 Å². The molecule has 0 aliphatic heterocycles. The number of hydrogen-bond acceptors (Lipinski definition) is 5. The SMILES string of the molecule is O=C(CSc1nc2ccccc2o1)NCCn1ccnc1C1CC1. The first kappa shape index (κ1) is 15.3. The third-order valence-electron chi connectivity index (χ3n) is 3.97. The molecule has 1 fully saturated rings. The lowest BCUT2D eigenvalue weighted by Gasteiger charge is -2.08. The Hall–Kier alpha value is -2.28. The van der Waals surface area contributed by atoms with Gasteiger partial charge in [0.15, 0.2) is 5.58 Å². The number of carbonyl (C=O) groups excluding carboxylic acids is 1. The molecule has 1 aliphatic carbocycles. The molecule has 7 heteroatoms. The molecule has 1 aromatic carbocycles. The van der Waals surface area contributed by atoms with Gasteiger partial charge in [0.05, 0.1) is 5.75 Å². The van der Waals surface area contributed by atoms with Crippen molar-refractivity contribution in [2.75, 3.05) is 12.3 Å². The van der Waals surface area contributed by atoms with E-state index in [2.05, 4.69) is 19.9 Å². The summed E-state index contributed by atoms with van der Waals surface area (Å²) in [5.41, 5.74) is 1.56. The van der Waals surface area contributed by atoms with Gasteiger partial charge in [0.1, 0.15) is 11.3 Å². The normalized spacial score (nSPS) is 14.2. The minimum absolute atomic E-state index is 0.0182. The molecule has 0 radical (unpaired) electrons. The molecule has 24 heavy (non-hydrogen) atoms. The minimum Gasteiger partial charge on any atom is -0.431 e. The molecular formula is C17H18N4O2S. The second-order valence-electron chi connectivity index (χ2n) is 5.84. The number of nitrogens with zero attached hydrogens (tertiary/aromatic N) is 3. The second kappa shape index (κ2) is 6.68. The number of amides is 1. The zero-order chi connectivity index (χ0) is 16.4. The van der Waals surface area contributed by atoms with E-state index < -0.39 is 0 Å². The smallest absolute Gasteiger partial charge is 0.257 e. The minimum atomic E-state index is -0.0182. The number of fused-ring (bicyclic) bond motifs is 1. The number of para-hydroxylation sites is 2. The van der Waals surface area contributed by atoms with E-state index in [-0.39, 0.29) is 5.91 Å². The average Bonchev–Trinajstić information content (AvgIpc) is 3.18. The number of nitrogens with one attached hydrogen (secondary N) is 1. The van der Waals surface area contributed by atoms with Crippen LogP contribution in [-0.2, 0) is 11.3 Å². The summed E-state index contributed by atoms with van der Waals surface area (Å²) in [5.74, 6) is 2.04. The number of thioether (sulfide) groups is 1. The first-order chi connectivity index (χ1) is 11.8. The summed E-state index contributed by atoms with van der Waals surface area (Å²) >= 11 is 1.31. The first-order valence-electron chi connectivity index (χ1n) is 8.06. The lowest BCUT2D eigenvalue weighted by molar-refractivity contribution is -0.118. The van der Waals surface area contributed by atoms with Gasteiger partial charge in [-0.05, 0) is 25.0 Å². The van der Waals surface area contributed by atoms with E-state index in [0.29, 0.717) is 23.4 Å². The summed E-state index contributed by atoms with van der Waals surface area (Å²) in [5, 5.41) is 3.46. The lowest BCUT2D eigenvalue weighted by atomic mass is 10.3. The number of benzene rings is 1. The third kappa shape index (κ3) is 3.46. The zero-order valence-electron chi connectivity index (χ0n) is 13.1. The molecule has 6 nitrogen and oxygen atoms in total. The van der Waals surface area contributed by atoms with Crippen LogP contribution < -0.4 is 5.32 Å². The van der Waals surface area contributed by atoms with Crippen molar-refractivity contribution in [3.05, 3.63) is 42.5 Å². The molecular weight excluding hydrogens is 324 g/mol. The van der Waals surface area contributed by atoms with Gasteiger partial charge in [0.25, 0.3) is 5.22 Å². The Morgan fingerprint density at radius 3 is 3.08 bits per heavy atom. The molecule has 1 aliphatic rings. The van der Waals surface area contributed by atoms with Crippen molar-refractivity contribution >= 4 is 28.8 Å². The molecule has 3 aromatic rings. The summed E-state index contributed by atoms with van der Waals surface area (Å²) in [7, 11) is 0. The Kier molecular flexibility index (Phi) is 4.25. The quantitative estimate of drug-likeness (QED) is 0.669. The molecule has 2 heterocycles. The number of imidazole rings is 1. The molecule has 4 rings (SSSR count). The van der Waals surface area contributed by atoms with Crippen LogP contribution in [0.1, 0.15) is 24.6 Å². The van der Waals surface area contributed by atoms with Crippen LogP contribution in [0.4, 0.5) is 0 Å². The predicted octanol–water partition coefficient (Wildman–Crippen LogP) is 2.81. The molecule has 0 atom stereocenters. The van der Waals surface area contributed by atoms with Crippen LogP contribution in [0.3, 0.4) is 0 Å². The van der Waals surface area contributed by atoms with E-state index in [0.717, 1.165) is 23.5 Å². The van der Waals surface area contributed by atoms with E-state index >= 15 is 0 Å². The van der Waals surface area contributed by atoms with Gasteiger partial charge in [-0.15, -0.1) is 0 Å². The fourth-order valence-corrected chi connectivity index (χ4v) is 3.29. The molecule has 124 valence electrons. The van der Waals surface area contributed by atoms with Crippen LogP contribution in [0, 0.1) is 0 Å². The summed E-state index contributed by atoms with van der Waals surface area (Å²) in [6.45, 7) is 1.36. The van der Waals surface area contributed by atoms with Crippen LogP contribution in [0.5, 0.6) is 0 Å². The molecule has 2 aromatic heterocycles. The molecule has 0 unspecified atom stereocenters. The fourth-order valence-electron chi connectivity index (χ4n) is 2.62. The van der Waals surface area contributed by atoms with E-state index in [1.165, 1.54) is 24.6 Å². The summed E-state index contributed by atoms with van der Waals surface area (Å²) in [4.78, 5) is 20.7. The van der Waals surface area contributed by atoms with Crippen molar-refractivity contribution in [3.8, 4) is 0 Å². The van der Waals surface area contributed by atoms with Crippen molar-refractivity contribution < 1.29 is 9.21 Å². The van der Waals surface area contributed by atoms with Crippen molar-refractivity contribution in [2.45, 2.75) is 30.5 Å². The van der Waals surface area contributed by atoms with Gasteiger partial charge in [0.2, 0.25) is 5.91 Å². The summed E-state index contributed by atoms with van der Waals surface area (Å²) in [6, 6.07) is 7.58. The van der Waals surface area contributed by atoms with Gasteiger partial charge < -0.3 is 14.3 Å². The highest BCUT2D eigenvalue weighted by Gasteiger charge is 2.27. The summed E-state index contributed by atoms with van der Waals surface area (Å²) in [6.07, 6.45) is 6.26. The molecule has 1 saturated carbocycles. The zero-order valence-corrected chi connectivity index (χ0v) is 14.0. The van der Waals surface area contributed by atoms with Crippen molar-refractivity contribution in [1.82, 2.24) is 19.9 Å². The Bertz CT molecular complexity index is 820. The Labute approximate surface area is 143 Å². The number of rotatable bonds is 7. The lowest BCUT2D eigenvalue weighted by Crippen LogP contribution is -2.28. The highest BCUT2D eigenvalue weighted by atomic mass is 32.2. The maximum absolute atomic E-state index is 12.0. The van der Waals surface area contributed by atoms with Gasteiger partial charge in [-0.25, -0.2) is 9.97 Å². The highest BCUT2D eigenvalue weighted by Crippen LogP contribution is 2.38. The van der Waals surface area contributed by atoms with Crippen LogP contribution in [0.2, 0.25) is 0 Å². The molecule has 1 N–H and O–H groups in total. The topological polar surface area (TPSA) is 73.0 Å². The van der Waals surface area contributed by atoms with Crippen LogP contribution in [0.15, 0.2) is 46.3 Å². The number of hydrogen-bond donors (Lipinski definition) is 1. The van der Waals surface area contributed by atoms with Gasteiger partial charge in [-0.2, -0.15) is 0 Å². The monoisotopic (exact) mass is 342 g/mol. The molecule has 1 amide bonds. The van der Waals surface area contributed by atoms with Crippen molar-refractivity contribution in [1.29, 1.82) is 0 Å². The number of aromatic nitrogens is 3. The highest BCUT2D eigenvalue weighted by molar-refractivity contribution is 7.99. The van der Waals surface area contributed by atoms with Crippen molar-refractivity contribution in [2.24, 2.45) is 0 Å². The number of oxazole rings is 1. The standard InChI is InChI=1S/C17H18N4O2S/c22-15(11-24-17-20-13-3-1-2-4-14(13)23-17)18-7-9-21-10-8-19-16(21)12-5-6-12/h1-4,8,10,12H,5-7,9,11H2,(H,18,22). The second-order valence-corrected chi connectivity index (χ2v) is 6.77. The van der Waals surface area contributed by atoms with E-state index in [9.17, 15) is 4.79 Å². The van der Waals surface area contributed by atoms with Gasteiger partial charge in [-0.3, -0.25) is 4.79 Å². The number of carbonyl (C=O) groups is 1. The Morgan fingerprint density at radius 2 is 2.25 bits per heavy atom. The van der Waals surface area contributed by atoms with E-state index in [1.807, 2.05) is 36.7 Å². The van der Waals surface area contributed by atoms with Gasteiger partial charge in [-0.1, -0.05) is 23.9 Å². The fraction of sp³-hybridized carbons (Fsp3) is 0.353. The Balaban J connectivity index is 1.24. The molecule has 0 spiro atoms. The van der Waals surface area contributed by atoms with Gasteiger partial charge >= 0.3 is 0 Å². The van der Waals surface area contributed by atoms with Crippen LogP contribution in [-0.4, -0.2) is 32.7 Å². The summed E-state index contributed by atoms with van der Waals surface area (Å²) < 4.78 is 7.72. The maximum Gasteiger partial charge on any atom is 0.257 e. The van der Waals surface area contributed by atoms with Crippen molar-refractivity contribution in [3.63, 3.8) is 0 Å². The third-order valence-corrected chi connectivity index (χ3v) is 4.79.